The number of aliphatic hydroxyl groups is 6. The molecule has 0 aromatic carbocycles. The van der Waals surface area contributed by atoms with E-state index in [1.807, 2.05) is 0 Å². The van der Waals surface area contributed by atoms with Crippen LogP contribution < -0.4 is 0 Å². The van der Waals surface area contributed by atoms with E-state index in [0.717, 1.165) is 0 Å². The molecular formula is C8H16O7. The van der Waals surface area contributed by atoms with Crippen molar-refractivity contribution in [2.75, 3.05) is 13.2 Å². The molecule has 1 saturated heterocycles. The van der Waals surface area contributed by atoms with Gasteiger partial charge >= 0.3 is 0 Å². The number of ether oxygens (including phenoxy) is 1. The van der Waals surface area contributed by atoms with Crippen LogP contribution in [-0.4, -0.2) is 74.1 Å². The predicted molar refractivity (Wildman–Crippen MR) is 46.6 cm³/mol. The minimum Gasteiger partial charge on any atom is -0.394 e. The molecule has 1 heterocycles. The van der Waals surface area contributed by atoms with Gasteiger partial charge in [0.05, 0.1) is 19.3 Å². The van der Waals surface area contributed by atoms with E-state index in [1.54, 1.807) is 0 Å². The molecule has 0 bridgehead atoms. The second-order valence-electron chi connectivity index (χ2n) is 3.70. The Morgan fingerprint density at radius 2 is 1.93 bits per heavy atom. The summed E-state index contributed by atoms with van der Waals surface area (Å²) in [6.07, 6.45) is -5.88. The van der Waals surface area contributed by atoms with E-state index in [-0.39, 0.29) is 6.42 Å². The summed E-state index contributed by atoms with van der Waals surface area (Å²) in [5, 5.41) is 55.1. The number of aliphatic hydroxyl groups excluding tert-OH is 5. The van der Waals surface area contributed by atoms with Crippen LogP contribution in [0.2, 0.25) is 0 Å². The van der Waals surface area contributed by atoms with Crippen molar-refractivity contribution >= 4 is 0 Å². The van der Waals surface area contributed by atoms with Crippen LogP contribution in [0.25, 0.3) is 0 Å². The lowest BCUT2D eigenvalue weighted by Crippen LogP contribution is -2.60. The van der Waals surface area contributed by atoms with Crippen molar-refractivity contribution < 1.29 is 35.4 Å². The summed E-state index contributed by atoms with van der Waals surface area (Å²) >= 11 is 0. The minimum atomic E-state index is -2.00. The molecule has 1 fully saturated rings. The van der Waals surface area contributed by atoms with Crippen molar-refractivity contribution in [3.05, 3.63) is 0 Å². The average Bonchev–Trinajstić information content (AvgIpc) is 2.22. The number of rotatable bonds is 3. The molecule has 15 heavy (non-hydrogen) atoms. The largest absolute Gasteiger partial charge is 0.394 e. The van der Waals surface area contributed by atoms with Crippen LogP contribution >= 0.6 is 0 Å². The first-order valence-electron chi connectivity index (χ1n) is 4.59. The Bertz CT molecular complexity index is 211. The van der Waals surface area contributed by atoms with Gasteiger partial charge in [-0.3, -0.25) is 0 Å². The SMILES string of the molecule is OC[C@@H](O)[C@H]1OC(O)(CO)C[C@H](O)[C@H]1O. The van der Waals surface area contributed by atoms with Crippen molar-refractivity contribution in [3.63, 3.8) is 0 Å². The Labute approximate surface area is 86.2 Å². The molecule has 0 amide bonds. The zero-order valence-corrected chi connectivity index (χ0v) is 8.02. The fourth-order valence-corrected chi connectivity index (χ4v) is 1.55. The van der Waals surface area contributed by atoms with Gasteiger partial charge in [-0.1, -0.05) is 0 Å². The molecule has 0 aromatic heterocycles. The second-order valence-corrected chi connectivity index (χ2v) is 3.70. The zero-order chi connectivity index (χ0) is 11.6. The van der Waals surface area contributed by atoms with Crippen molar-refractivity contribution in [1.82, 2.24) is 0 Å². The Morgan fingerprint density at radius 1 is 1.33 bits per heavy atom. The van der Waals surface area contributed by atoms with E-state index < -0.39 is 43.4 Å². The van der Waals surface area contributed by atoms with E-state index in [1.165, 1.54) is 0 Å². The summed E-state index contributed by atoms with van der Waals surface area (Å²) in [6, 6.07) is 0. The Hall–Kier alpha value is -0.280. The van der Waals surface area contributed by atoms with Gasteiger partial charge in [0, 0.05) is 6.42 Å². The van der Waals surface area contributed by atoms with Crippen molar-refractivity contribution in [1.29, 1.82) is 0 Å². The van der Waals surface area contributed by atoms with Gasteiger partial charge in [-0.05, 0) is 0 Å². The summed E-state index contributed by atoms with van der Waals surface area (Å²) in [5.41, 5.74) is 0. The molecule has 1 aliphatic heterocycles. The molecule has 1 rings (SSSR count). The van der Waals surface area contributed by atoms with Crippen molar-refractivity contribution in [2.45, 2.75) is 36.6 Å². The van der Waals surface area contributed by atoms with Crippen molar-refractivity contribution in [3.8, 4) is 0 Å². The second kappa shape index (κ2) is 4.71. The molecule has 0 spiro atoms. The first kappa shape index (κ1) is 12.8. The summed E-state index contributed by atoms with van der Waals surface area (Å²) in [4.78, 5) is 0. The van der Waals surface area contributed by atoms with E-state index in [4.69, 9.17) is 14.9 Å². The van der Waals surface area contributed by atoms with Crippen LogP contribution in [0.3, 0.4) is 0 Å². The van der Waals surface area contributed by atoms with Gasteiger partial charge < -0.3 is 35.4 Å². The van der Waals surface area contributed by atoms with Crippen LogP contribution in [0.4, 0.5) is 0 Å². The highest BCUT2D eigenvalue weighted by Crippen LogP contribution is 2.28. The highest BCUT2D eigenvalue weighted by atomic mass is 16.7. The molecule has 5 atom stereocenters. The molecule has 0 radical (unpaired) electrons. The fraction of sp³-hybridized carbons (Fsp3) is 1.00. The molecule has 90 valence electrons. The fourth-order valence-electron chi connectivity index (χ4n) is 1.55. The molecule has 7 nitrogen and oxygen atoms in total. The summed E-state index contributed by atoms with van der Waals surface area (Å²) < 4.78 is 4.84. The highest BCUT2D eigenvalue weighted by Gasteiger charge is 2.47. The van der Waals surface area contributed by atoms with Crippen LogP contribution in [0.1, 0.15) is 6.42 Å². The maximum absolute atomic E-state index is 9.55. The van der Waals surface area contributed by atoms with Gasteiger partial charge in [0.2, 0.25) is 0 Å². The molecular weight excluding hydrogens is 208 g/mol. The number of hydrogen-bond donors (Lipinski definition) is 6. The molecule has 6 N–H and O–H groups in total. The highest BCUT2D eigenvalue weighted by molar-refractivity contribution is 4.91. The van der Waals surface area contributed by atoms with Crippen molar-refractivity contribution in [2.24, 2.45) is 0 Å². The lowest BCUT2D eigenvalue weighted by Gasteiger charge is -2.42. The summed E-state index contributed by atoms with van der Waals surface area (Å²) in [7, 11) is 0. The average molecular weight is 224 g/mol. The monoisotopic (exact) mass is 224 g/mol. The molecule has 1 unspecified atom stereocenters. The molecule has 7 heteroatoms. The maximum atomic E-state index is 9.55. The van der Waals surface area contributed by atoms with Gasteiger partial charge in [0.1, 0.15) is 18.3 Å². The Balaban J connectivity index is 2.77. The zero-order valence-electron chi connectivity index (χ0n) is 8.02. The Morgan fingerprint density at radius 3 is 2.40 bits per heavy atom. The van der Waals surface area contributed by atoms with E-state index in [2.05, 4.69) is 0 Å². The molecule has 0 aromatic rings. The molecule has 0 saturated carbocycles. The summed E-state index contributed by atoms with van der Waals surface area (Å²) in [5.74, 6) is -2.00. The van der Waals surface area contributed by atoms with Gasteiger partial charge in [0.25, 0.3) is 0 Å². The van der Waals surface area contributed by atoms with Crippen LogP contribution in [0.15, 0.2) is 0 Å². The van der Waals surface area contributed by atoms with Crippen LogP contribution in [0, 0.1) is 0 Å². The Kier molecular flexibility index (Phi) is 4.01. The van der Waals surface area contributed by atoms with Gasteiger partial charge in [-0.15, -0.1) is 0 Å². The third-order valence-electron chi connectivity index (χ3n) is 2.43. The smallest absolute Gasteiger partial charge is 0.192 e. The lowest BCUT2D eigenvalue weighted by molar-refractivity contribution is -0.326. The summed E-state index contributed by atoms with van der Waals surface area (Å²) in [6.45, 7) is -1.46. The van der Waals surface area contributed by atoms with Crippen LogP contribution in [0.5, 0.6) is 0 Å². The first-order chi connectivity index (χ1) is 6.93. The van der Waals surface area contributed by atoms with Gasteiger partial charge in [-0.2, -0.15) is 0 Å². The molecule has 0 aliphatic carbocycles. The van der Waals surface area contributed by atoms with E-state index in [0.29, 0.717) is 0 Å². The standard InChI is InChI=1S/C8H16O7/c9-2-5(12)7-6(13)4(11)1-8(14,3-10)15-7/h4-7,9-14H,1-3H2/t4-,5+,6+,7+,8?/m0/s1. The van der Waals surface area contributed by atoms with E-state index >= 15 is 0 Å². The third-order valence-corrected chi connectivity index (χ3v) is 2.43. The normalized spacial score (nSPS) is 44.0. The quantitative estimate of drug-likeness (QED) is 0.293. The third kappa shape index (κ3) is 2.64. The first-order valence-corrected chi connectivity index (χ1v) is 4.59. The van der Waals surface area contributed by atoms with Crippen LogP contribution in [-0.2, 0) is 4.74 Å². The van der Waals surface area contributed by atoms with Gasteiger partial charge in [-0.25, -0.2) is 0 Å². The van der Waals surface area contributed by atoms with Gasteiger partial charge in [0.15, 0.2) is 5.79 Å². The topological polar surface area (TPSA) is 131 Å². The minimum absolute atomic E-state index is 0.362. The molecule has 1 aliphatic rings. The predicted octanol–water partition coefficient (Wildman–Crippen LogP) is -3.47. The maximum Gasteiger partial charge on any atom is 0.192 e. The number of hydrogen-bond acceptors (Lipinski definition) is 7. The van der Waals surface area contributed by atoms with E-state index in [9.17, 15) is 20.4 Å². The lowest BCUT2D eigenvalue weighted by atomic mass is 9.93.